The van der Waals surface area contributed by atoms with Gasteiger partial charge in [-0.05, 0) is 58.9 Å². The van der Waals surface area contributed by atoms with Crippen LogP contribution in [0.1, 0.15) is 17.2 Å². The van der Waals surface area contributed by atoms with E-state index in [2.05, 4.69) is 37.2 Å². The molecule has 1 unspecified atom stereocenters. The van der Waals surface area contributed by atoms with Gasteiger partial charge in [-0.3, -0.25) is 0 Å². The van der Waals surface area contributed by atoms with Crippen LogP contribution in [0, 0.1) is 11.6 Å². The molecule has 1 atom stereocenters. The zero-order valence-electron chi connectivity index (χ0n) is 10.4. The molecule has 0 heterocycles. The van der Waals surface area contributed by atoms with Crippen LogP contribution < -0.4 is 5.32 Å². The minimum atomic E-state index is -0.637. The van der Waals surface area contributed by atoms with Gasteiger partial charge in [0.05, 0.1) is 10.5 Å². The monoisotopic (exact) mass is 423 g/mol. The number of rotatable bonds is 3. The summed E-state index contributed by atoms with van der Waals surface area (Å²) in [6.07, 6.45) is 0. The highest BCUT2D eigenvalue weighted by Gasteiger charge is 2.23. The lowest BCUT2D eigenvalue weighted by atomic mass is 9.98. The minimum absolute atomic E-state index is 0.0453. The summed E-state index contributed by atoms with van der Waals surface area (Å²) in [6, 6.07) is 7.09. The van der Waals surface area contributed by atoms with Crippen molar-refractivity contribution in [2.75, 3.05) is 7.05 Å². The van der Waals surface area contributed by atoms with Crippen LogP contribution in [0.4, 0.5) is 8.78 Å². The molecule has 0 fully saturated rings. The number of hydrogen-bond acceptors (Lipinski definition) is 1. The molecule has 106 valence electrons. The number of hydrogen-bond donors (Lipinski definition) is 1. The minimum Gasteiger partial charge on any atom is -0.309 e. The Kier molecular flexibility index (Phi) is 5.18. The molecule has 1 nitrogen and oxygen atoms in total. The van der Waals surface area contributed by atoms with E-state index in [1.807, 2.05) is 0 Å². The maximum Gasteiger partial charge on any atom is 0.145 e. The third-order valence-corrected chi connectivity index (χ3v) is 4.16. The van der Waals surface area contributed by atoms with Crippen LogP contribution in [0.5, 0.6) is 0 Å². The van der Waals surface area contributed by atoms with Crippen LogP contribution >= 0.6 is 43.5 Å². The summed E-state index contributed by atoms with van der Waals surface area (Å²) in [5.41, 5.74) is 0.624. The summed E-state index contributed by atoms with van der Waals surface area (Å²) in [6.45, 7) is 0. The average Bonchev–Trinajstić information content (AvgIpc) is 2.38. The molecule has 0 spiro atoms. The molecule has 0 amide bonds. The standard InChI is InChI=1S/C14H10Br2ClF2N/c1-20-14(7-4-8(15)6-9(17)5-7)12-11(18)3-2-10(16)13(12)19/h2-6,14,20H,1H3. The molecule has 0 bridgehead atoms. The third kappa shape index (κ3) is 3.22. The van der Waals surface area contributed by atoms with E-state index in [0.29, 0.717) is 10.6 Å². The van der Waals surface area contributed by atoms with Gasteiger partial charge in [-0.1, -0.05) is 27.5 Å². The van der Waals surface area contributed by atoms with E-state index in [0.717, 1.165) is 4.47 Å². The number of halogens is 5. The van der Waals surface area contributed by atoms with Crippen LogP contribution in [0.2, 0.25) is 5.02 Å². The average molecular weight is 425 g/mol. The van der Waals surface area contributed by atoms with E-state index in [-0.39, 0.29) is 10.0 Å². The Morgan fingerprint density at radius 1 is 1.15 bits per heavy atom. The number of nitrogens with one attached hydrogen (secondary N) is 1. The van der Waals surface area contributed by atoms with E-state index in [9.17, 15) is 8.78 Å². The van der Waals surface area contributed by atoms with Crippen LogP contribution in [-0.2, 0) is 0 Å². The fourth-order valence-corrected chi connectivity index (χ4v) is 3.26. The lowest BCUT2D eigenvalue weighted by molar-refractivity contribution is 0.518. The van der Waals surface area contributed by atoms with Gasteiger partial charge >= 0.3 is 0 Å². The summed E-state index contributed by atoms with van der Waals surface area (Å²) < 4.78 is 29.2. The van der Waals surface area contributed by atoms with E-state index in [4.69, 9.17) is 11.6 Å². The SMILES string of the molecule is CNC(c1cc(Cl)cc(Br)c1)c1c(F)ccc(Br)c1F. The van der Waals surface area contributed by atoms with Crippen molar-refractivity contribution in [1.29, 1.82) is 0 Å². The Labute approximate surface area is 137 Å². The fraction of sp³-hybridized carbons (Fsp3) is 0.143. The first kappa shape index (κ1) is 15.9. The van der Waals surface area contributed by atoms with Gasteiger partial charge < -0.3 is 5.32 Å². The molecule has 0 aliphatic heterocycles. The van der Waals surface area contributed by atoms with Crippen molar-refractivity contribution in [3.63, 3.8) is 0 Å². The summed E-state index contributed by atoms with van der Waals surface area (Å²) in [7, 11) is 1.64. The van der Waals surface area contributed by atoms with E-state index >= 15 is 0 Å². The first-order valence-corrected chi connectivity index (χ1v) is 7.67. The van der Waals surface area contributed by atoms with Crippen LogP contribution in [0.15, 0.2) is 39.3 Å². The Morgan fingerprint density at radius 2 is 1.85 bits per heavy atom. The smallest absolute Gasteiger partial charge is 0.145 e. The molecule has 2 aromatic carbocycles. The quantitative estimate of drug-likeness (QED) is 0.645. The molecule has 0 aliphatic rings. The first-order valence-electron chi connectivity index (χ1n) is 5.70. The van der Waals surface area contributed by atoms with Crippen molar-refractivity contribution in [3.8, 4) is 0 Å². The molecule has 2 rings (SSSR count). The maximum atomic E-state index is 14.2. The second-order valence-corrected chi connectivity index (χ2v) is 6.39. The predicted octanol–water partition coefficient (Wildman–Crippen LogP) is 5.45. The van der Waals surface area contributed by atoms with Crippen LogP contribution in [0.25, 0.3) is 0 Å². The van der Waals surface area contributed by atoms with Crippen molar-refractivity contribution < 1.29 is 8.78 Å². The van der Waals surface area contributed by atoms with E-state index in [1.54, 1.807) is 25.2 Å². The summed E-state index contributed by atoms with van der Waals surface area (Å²) >= 11 is 12.4. The van der Waals surface area contributed by atoms with Crippen molar-refractivity contribution in [3.05, 3.63) is 67.1 Å². The topological polar surface area (TPSA) is 12.0 Å². The van der Waals surface area contributed by atoms with Gasteiger partial charge in [-0.25, -0.2) is 8.78 Å². The third-order valence-electron chi connectivity index (χ3n) is 2.88. The number of benzene rings is 2. The Balaban J connectivity index is 2.61. The van der Waals surface area contributed by atoms with Crippen molar-refractivity contribution in [1.82, 2.24) is 5.32 Å². The lowest BCUT2D eigenvalue weighted by Gasteiger charge is -2.20. The molecule has 2 aromatic rings. The van der Waals surface area contributed by atoms with Crippen molar-refractivity contribution >= 4 is 43.5 Å². The fourth-order valence-electron chi connectivity index (χ4n) is 2.03. The van der Waals surface area contributed by atoms with Gasteiger partial charge in [-0.2, -0.15) is 0 Å². The Morgan fingerprint density at radius 3 is 2.45 bits per heavy atom. The highest BCUT2D eigenvalue weighted by Crippen LogP contribution is 2.33. The predicted molar refractivity (Wildman–Crippen MR) is 84.1 cm³/mol. The molecule has 0 radical (unpaired) electrons. The maximum absolute atomic E-state index is 14.2. The molecule has 0 saturated carbocycles. The van der Waals surface area contributed by atoms with Gasteiger partial charge in [0.25, 0.3) is 0 Å². The van der Waals surface area contributed by atoms with Crippen molar-refractivity contribution in [2.24, 2.45) is 0 Å². The highest BCUT2D eigenvalue weighted by molar-refractivity contribution is 9.10. The van der Waals surface area contributed by atoms with E-state index in [1.165, 1.54) is 12.1 Å². The lowest BCUT2D eigenvalue weighted by Crippen LogP contribution is -2.20. The molecule has 0 aromatic heterocycles. The molecular weight excluding hydrogens is 415 g/mol. The molecule has 20 heavy (non-hydrogen) atoms. The molecule has 0 aliphatic carbocycles. The van der Waals surface area contributed by atoms with Crippen molar-refractivity contribution in [2.45, 2.75) is 6.04 Å². The molecule has 0 saturated heterocycles. The summed E-state index contributed by atoms with van der Waals surface area (Å²) in [4.78, 5) is 0. The normalized spacial score (nSPS) is 12.5. The van der Waals surface area contributed by atoms with Gasteiger partial charge in [0, 0.05) is 15.1 Å². The zero-order valence-corrected chi connectivity index (χ0v) is 14.3. The second-order valence-electron chi connectivity index (χ2n) is 4.18. The second kappa shape index (κ2) is 6.52. The van der Waals surface area contributed by atoms with E-state index < -0.39 is 17.7 Å². The Hall–Kier alpha value is -0.490. The molecule has 6 heteroatoms. The van der Waals surface area contributed by atoms with Crippen LogP contribution in [0.3, 0.4) is 0 Å². The molecular formula is C14H10Br2ClF2N. The van der Waals surface area contributed by atoms with Gasteiger partial charge in [-0.15, -0.1) is 0 Å². The van der Waals surface area contributed by atoms with Gasteiger partial charge in [0.15, 0.2) is 0 Å². The van der Waals surface area contributed by atoms with Gasteiger partial charge in [0.2, 0.25) is 0 Å². The highest BCUT2D eigenvalue weighted by atomic mass is 79.9. The Bertz CT molecular complexity index is 629. The zero-order chi connectivity index (χ0) is 14.9. The largest absolute Gasteiger partial charge is 0.309 e. The van der Waals surface area contributed by atoms with Gasteiger partial charge in [0.1, 0.15) is 11.6 Å². The van der Waals surface area contributed by atoms with Crippen LogP contribution in [-0.4, -0.2) is 7.05 Å². The summed E-state index contributed by atoms with van der Waals surface area (Å²) in [5, 5.41) is 3.41. The summed E-state index contributed by atoms with van der Waals surface area (Å²) in [5.74, 6) is -1.23. The first-order chi connectivity index (χ1) is 9.43. The molecule has 1 N–H and O–H groups in total.